The van der Waals surface area contributed by atoms with E-state index in [9.17, 15) is 9.90 Å². The van der Waals surface area contributed by atoms with Crippen molar-refractivity contribution in [3.8, 4) is 17.1 Å². The number of pyridine rings is 2. The van der Waals surface area contributed by atoms with Gasteiger partial charge in [0.05, 0.1) is 37.2 Å². The summed E-state index contributed by atoms with van der Waals surface area (Å²) in [5.41, 5.74) is 2.62. The van der Waals surface area contributed by atoms with E-state index < -0.39 is 0 Å². The Labute approximate surface area is 192 Å². The van der Waals surface area contributed by atoms with Crippen molar-refractivity contribution in [3.63, 3.8) is 0 Å². The molecule has 1 saturated carbocycles. The molecule has 176 valence electrons. The highest BCUT2D eigenvalue weighted by atomic mass is 16.5. The molecule has 4 rings (SSSR count). The van der Waals surface area contributed by atoms with Crippen LogP contribution in [0.4, 0.5) is 5.82 Å². The number of nitrogens with one attached hydrogen (secondary N) is 1. The average molecular weight is 454 g/mol. The van der Waals surface area contributed by atoms with Crippen LogP contribution in [0.5, 0.6) is 5.88 Å². The van der Waals surface area contributed by atoms with Crippen LogP contribution in [0, 0.1) is 0 Å². The number of methoxy groups -OCH3 is 1. The quantitative estimate of drug-likeness (QED) is 0.476. The lowest BCUT2D eigenvalue weighted by Crippen LogP contribution is -2.34. The number of aromatic nitrogens is 4. The molecule has 2 N–H and O–H groups in total. The van der Waals surface area contributed by atoms with Gasteiger partial charge >= 0.3 is 0 Å². The summed E-state index contributed by atoms with van der Waals surface area (Å²) in [6, 6.07) is 5.54. The molecule has 0 amide bonds. The minimum atomic E-state index is -0.344. The Kier molecular flexibility index (Phi) is 7.51. The number of aliphatic hydroxyl groups is 1. The van der Waals surface area contributed by atoms with Gasteiger partial charge in [0.1, 0.15) is 5.52 Å². The van der Waals surface area contributed by atoms with Gasteiger partial charge in [-0.3, -0.25) is 9.78 Å². The van der Waals surface area contributed by atoms with Crippen molar-refractivity contribution in [3.05, 3.63) is 40.9 Å². The lowest BCUT2D eigenvalue weighted by Gasteiger charge is -2.27. The van der Waals surface area contributed by atoms with Gasteiger partial charge in [0.25, 0.3) is 5.56 Å². The second-order valence-corrected chi connectivity index (χ2v) is 8.34. The van der Waals surface area contributed by atoms with E-state index in [0.717, 1.165) is 31.2 Å². The van der Waals surface area contributed by atoms with Gasteiger partial charge in [-0.2, -0.15) is 0 Å². The number of nitrogens with zero attached hydrogens (tertiary/aromatic N) is 4. The van der Waals surface area contributed by atoms with Crippen LogP contribution >= 0.6 is 0 Å². The Bertz CT molecular complexity index is 1130. The second-order valence-electron chi connectivity index (χ2n) is 8.34. The Balaban J connectivity index is 1.71. The first-order chi connectivity index (χ1) is 16.1. The predicted molar refractivity (Wildman–Crippen MR) is 127 cm³/mol. The monoisotopic (exact) mass is 453 g/mol. The number of anilines is 1. The Morgan fingerprint density at radius 2 is 2.09 bits per heavy atom. The predicted octanol–water partition coefficient (Wildman–Crippen LogP) is 3.00. The van der Waals surface area contributed by atoms with Gasteiger partial charge in [0, 0.05) is 37.0 Å². The lowest BCUT2D eigenvalue weighted by molar-refractivity contribution is 0.124. The van der Waals surface area contributed by atoms with Crippen LogP contribution < -0.4 is 15.6 Å². The molecule has 0 bridgehead atoms. The van der Waals surface area contributed by atoms with Gasteiger partial charge < -0.3 is 24.5 Å². The fourth-order valence-electron chi connectivity index (χ4n) is 4.16. The third-order valence-electron chi connectivity index (χ3n) is 5.87. The fourth-order valence-corrected chi connectivity index (χ4v) is 4.16. The largest absolute Gasteiger partial charge is 0.481 e. The van der Waals surface area contributed by atoms with E-state index >= 15 is 0 Å². The van der Waals surface area contributed by atoms with Gasteiger partial charge in [-0.15, -0.1) is 0 Å². The van der Waals surface area contributed by atoms with Crippen LogP contribution in [-0.2, 0) is 11.3 Å². The molecule has 0 aromatic carbocycles. The molecule has 2 unspecified atom stereocenters. The number of fused-ring (bicyclic) bond motifs is 1. The first-order valence-corrected chi connectivity index (χ1v) is 11.5. The Morgan fingerprint density at radius 3 is 2.82 bits per heavy atom. The molecular formula is C24H31N5O4. The number of ether oxygens (including phenoxy) is 2. The summed E-state index contributed by atoms with van der Waals surface area (Å²) >= 11 is 0. The third kappa shape index (κ3) is 5.48. The van der Waals surface area contributed by atoms with Crippen LogP contribution in [-0.4, -0.2) is 57.1 Å². The van der Waals surface area contributed by atoms with Crippen molar-refractivity contribution in [2.24, 2.45) is 0 Å². The van der Waals surface area contributed by atoms with E-state index in [-0.39, 0.29) is 23.5 Å². The average Bonchev–Trinajstić information content (AvgIpc) is 2.83. The molecule has 3 aromatic heterocycles. The zero-order chi connectivity index (χ0) is 23.2. The summed E-state index contributed by atoms with van der Waals surface area (Å²) in [6.07, 6.45) is 7.18. The second kappa shape index (κ2) is 10.7. The van der Waals surface area contributed by atoms with Crippen LogP contribution in [0.3, 0.4) is 0 Å². The molecule has 33 heavy (non-hydrogen) atoms. The molecule has 9 nitrogen and oxygen atoms in total. The summed E-state index contributed by atoms with van der Waals surface area (Å²) in [5, 5.41) is 13.3. The van der Waals surface area contributed by atoms with Crippen molar-refractivity contribution >= 4 is 16.9 Å². The molecule has 0 aliphatic heterocycles. The Morgan fingerprint density at radius 1 is 1.21 bits per heavy atom. The minimum absolute atomic E-state index is 0.0220. The molecule has 0 spiro atoms. The van der Waals surface area contributed by atoms with E-state index in [1.165, 1.54) is 0 Å². The minimum Gasteiger partial charge on any atom is -0.481 e. The topological polar surface area (TPSA) is 111 Å². The summed E-state index contributed by atoms with van der Waals surface area (Å²) in [6.45, 7) is 3.53. The molecule has 1 fully saturated rings. The summed E-state index contributed by atoms with van der Waals surface area (Å²) in [7, 11) is 1.57. The standard InChI is InChI=1S/C24H31N5O4/c1-3-10-33-11-9-29-21-13-19(16-7-8-22(32-2)26-14-16)25-15-20(21)28-23(24(29)31)27-17-5-4-6-18(30)12-17/h7-8,13-15,17-18,30H,3-6,9-12H2,1-2H3,(H,27,28). The molecule has 0 saturated heterocycles. The maximum Gasteiger partial charge on any atom is 0.293 e. The van der Waals surface area contributed by atoms with Gasteiger partial charge in [-0.05, 0) is 44.2 Å². The van der Waals surface area contributed by atoms with Gasteiger partial charge in [0.2, 0.25) is 5.88 Å². The van der Waals surface area contributed by atoms with Gasteiger partial charge in [0.15, 0.2) is 5.82 Å². The fraction of sp³-hybridized carbons (Fsp3) is 0.500. The van der Waals surface area contributed by atoms with Crippen LogP contribution in [0.15, 0.2) is 35.4 Å². The molecule has 1 aliphatic carbocycles. The highest BCUT2D eigenvalue weighted by molar-refractivity contribution is 5.80. The van der Waals surface area contributed by atoms with E-state index in [4.69, 9.17) is 9.47 Å². The van der Waals surface area contributed by atoms with Crippen molar-refractivity contribution in [1.29, 1.82) is 0 Å². The van der Waals surface area contributed by atoms with E-state index in [2.05, 4.69) is 27.2 Å². The third-order valence-corrected chi connectivity index (χ3v) is 5.87. The van der Waals surface area contributed by atoms with Crippen molar-refractivity contribution in [2.75, 3.05) is 25.6 Å². The van der Waals surface area contributed by atoms with Gasteiger partial charge in [-0.1, -0.05) is 6.92 Å². The summed E-state index contributed by atoms with van der Waals surface area (Å²) < 4.78 is 12.5. The number of aliphatic hydroxyl groups excluding tert-OH is 1. The number of hydrogen-bond acceptors (Lipinski definition) is 8. The first-order valence-electron chi connectivity index (χ1n) is 11.5. The smallest absolute Gasteiger partial charge is 0.293 e. The normalized spacial score (nSPS) is 18.4. The van der Waals surface area contributed by atoms with E-state index in [1.807, 2.05) is 12.1 Å². The molecule has 3 heterocycles. The molecule has 9 heteroatoms. The maximum absolute atomic E-state index is 13.4. The molecule has 1 aliphatic rings. The summed E-state index contributed by atoms with van der Waals surface area (Å²) in [5.74, 6) is 0.812. The molecule has 0 radical (unpaired) electrons. The van der Waals surface area contributed by atoms with Crippen LogP contribution in [0.25, 0.3) is 22.3 Å². The van der Waals surface area contributed by atoms with Crippen molar-refractivity contribution < 1.29 is 14.6 Å². The van der Waals surface area contributed by atoms with Gasteiger partial charge in [-0.25, -0.2) is 9.97 Å². The molecule has 2 atom stereocenters. The van der Waals surface area contributed by atoms with Crippen molar-refractivity contribution in [1.82, 2.24) is 19.5 Å². The highest BCUT2D eigenvalue weighted by Crippen LogP contribution is 2.24. The number of rotatable bonds is 9. The lowest BCUT2D eigenvalue weighted by atomic mass is 9.93. The summed E-state index contributed by atoms with van der Waals surface area (Å²) in [4.78, 5) is 26.8. The van der Waals surface area contributed by atoms with E-state index in [1.54, 1.807) is 30.1 Å². The van der Waals surface area contributed by atoms with Crippen LogP contribution in [0.1, 0.15) is 39.0 Å². The molecular weight excluding hydrogens is 422 g/mol. The zero-order valence-corrected chi connectivity index (χ0v) is 19.2. The zero-order valence-electron chi connectivity index (χ0n) is 19.2. The maximum atomic E-state index is 13.4. The molecule has 3 aromatic rings. The Hall–Kier alpha value is -3.04. The first kappa shape index (κ1) is 23.1. The SMILES string of the molecule is CCCOCCn1c(=O)c(NC2CCCC(O)C2)nc2cnc(-c3ccc(OC)nc3)cc21. The number of hydrogen-bond donors (Lipinski definition) is 2. The van der Waals surface area contributed by atoms with Crippen LogP contribution in [0.2, 0.25) is 0 Å². The highest BCUT2D eigenvalue weighted by Gasteiger charge is 2.22. The van der Waals surface area contributed by atoms with E-state index in [0.29, 0.717) is 48.8 Å². The van der Waals surface area contributed by atoms with Crippen molar-refractivity contribution in [2.45, 2.75) is 57.7 Å².